The van der Waals surface area contributed by atoms with E-state index in [0.717, 1.165) is 47.0 Å². The van der Waals surface area contributed by atoms with E-state index in [1.807, 2.05) is 29.2 Å². The lowest BCUT2D eigenvalue weighted by atomic mass is 9.63. The molecule has 0 unspecified atom stereocenters. The number of carbonyl (C=O) groups excluding carboxylic acids is 2. The van der Waals surface area contributed by atoms with Crippen molar-refractivity contribution in [1.29, 1.82) is 0 Å². The fourth-order valence-electron chi connectivity index (χ4n) is 4.04. The fraction of sp³-hybridized carbons (Fsp3) is 0.333. The molecule has 1 saturated carbocycles. The molecule has 2 aromatic carbocycles. The molecule has 1 aliphatic carbocycles. The normalized spacial score (nSPS) is 17.4. The molecule has 2 aliphatic rings. The summed E-state index contributed by atoms with van der Waals surface area (Å²) in [4.78, 5) is 27.1. The second kappa shape index (κ2) is 6.54. The van der Waals surface area contributed by atoms with Crippen LogP contribution in [0.5, 0.6) is 0 Å². The highest BCUT2D eigenvalue weighted by atomic mass is 79.9. The zero-order valence-electron chi connectivity index (χ0n) is 14.6. The molecule has 0 bridgehead atoms. The van der Waals surface area contributed by atoms with Crippen LogP contribution in [-0.4, -0.2) is 25.5 Å². The van der Waals surface area contributed by atoms with Gasteiger partial charge in [-0.15, -0.1) is 0 Å². The molecule has 1 fully saturated rings. The van der Waals surface area contributed by atoms with Gasteiger partial charge in [0.1, 0.15) is 0 Å². The Kier molecular flexibility index (Phi) is 4.35. The smallest absolute Gasteiger partial charge is 0.337 e. The van der Waals surface area contributed by atoms with Crippen LogP contribution in [0.2, 0.25) is 0 Å². The summed E-state index contributed by atoms with van der Waals surface area (Å²) in [6, 6.07) is 13.6. The SMILES string of the molecule is COC(=O)c1ccc2c(c1)CCN2C(=O)C1(c2ccc(Br)cc2)CCC1. The minimum atomic E-state index is -0.413. The van der Waals surface area contributed by atoms with E-state index in [9.17, 15) is 9.59 Å². The number of rotatable bonds is 3. The molecule has 1 amide bonds. The average Bonchev–Trinajstić information content (AvgIpc) is 3.04. The predicted molar refractivity (Wildman–Crippen MR) is 104 cm³/mol. The van der Waals surface area contributed by atoms with Gasteiger partial charge in [0.25, 0.3) is 0 Å². The Hall–Kier alpha value is -2.14. The number of methoxy groups -OCH3 is 1. The molecule has 0 atom stereocenters. The average molecular weight is 414 g/mol. The van der Waals surface area contributed by atoms with Crippen LogP contribution in [0.1, 0.15) is 40.7 Å². The molecule has 5 heteroatoms. The predicted octanol–water partition coefficient (Wildman–Crippen LogP) is 4.25. The first-order chi connectivity index (χ1) is 12.5. The van der Waals surface area contributed by atoms with Gasteiger partial charge in [0.05, 0.1) is 18.1 Å². The van der Waals surface area contributed by atoms with Gasteiger partial charge in [-0.3, -0.25) is 4.79 Å². The van der Waals surface area contributed by atoms with Crippen LogP contribution in [0.4, 0.5) is 5.69 Å². The van der Waals surface area contributed by atoms with Crippen molar-refractivity contribution in [3.8, 4) is 0 Å². The van der Waals surface area contributed by atoms with Crippen molar-refractivity contribution in [2.24, 2.45) is 0 Å². The molecule has 0 spiro atoms. The molecule has 0 aromatic heterocycles. The van der Waals surface area contributed by atoms with Gasteiger partial charge in [-0.2, -0.15) is 0 Å². The maximum absolute atomic E-state index is 13.5. The Morgan fingerprint density at radius 3 is 2.46 bits per heavy atom. The number of esters is 1. The molecule has 0 radical (unpaired) electrons. The van der Waals surface area contributed by atoms with Crippen LogP contribution in [0.15, 0.2) is 46.9 Å². The van der Waals surface area contributed by atoms with E-state index >= 15 is 0 Å². The van der Waals surface area contributed by atoms with E-state index in [2.05, 4.69) is 28.1 Å². The van der Waals surface area contributed by atoms with Crippen LogP contribution < -0.4 is 4.90 Å². The summed E-state index contributed by atoms with van der Waals surface area (Å²) in [5, 5.41) is 0. The molecule has 1 heterocycles. The summed E-state index contributed by atoms with van der Waals surface area (Å²) in [6.07, 6.45) is 3.62. The second-order valence-electron chi connectivity index (χ2n) is 6.98. The van der Waals surface area contributed by atoms with Gasteiger partial charge < -0.3 is 9.64 Å². The number of benzene rings is 2. The van der Waals surface area contributed by atoms with Crippen molar-refractivity contribution in [2.45, 2.75) is 31.1 Å². The van der Waals surface area contributed by atoms with E-state index in [4.69, 9.17) is 4.74 Å². The Bertz CT molecular complexity index is 871. The molecule has 1 aliphatic heterocycles. The Morgan fingerprint density at radius 2 is 1.85 bits per heavy atom. The van der Waals surface area contributed by atoms with Crippen molar-refractivity contribution in [3.63, 3.8) is 0 Å². The monoisotopic (exact) mass is 413 g/mol. The zero-order valence-corrected chi connectivity index (χ0v) is 16.2. The van der Waals surface area contributed by atoms with Gasteiger partial charge in [0.2, 0.25) is 5.91 Å². The Morgan fingerprint density at radius 1 is 1.12 bits per heavy atom. The standard InChI is InChI=1S/C21H20BrNO3/c1-26-19(24)15-3-8-18-14(13-15)9-12-23(18)20(25)21(10-2-11-21)16-4-6-17(22)7-5-16/h3-8,13H,2,9-12H2,1H3. The maximum Gasteiger partial charge on any atom is 0.337 e. The van der Waals surface area contributed by atoms with Crippen LogP contribution >= 0.6 is 15.9 Å². The molecule has 4 rings (SSSR count). The first-order valence-corrected chi connectivity index (χ1v) is 9.64. The number of hydrogen-bond acceptors (Lipinski definition) is 3. The molecule has 134 valence electrons. The van der Waals surface area contributed by atoms with Crippen LogP contribution in [0.25, 0.3) is 0 Å². The summed E-state index contributed by atoms with van der Waals surface area (Å²) in [5.74, 6) is -0.168. The Balaban J connectivity index is 1.66. The molecule has 26 heavy (non-hydrogen) atoms. The summed E-state index contributed by atoms with van der Waals surface area (Å²) in [7, 11) is 1.38. The maximum atomic E-state index is 13.5. The molecular weight excluding hydrogens is 394 g/mol. The summed E-state index contributed by atoms with van der Waals surface area (Å²) in [6.45, 7) is 0.664. The lowest BCUT2D eigenvalue weighted by molar-refractivity contribution is -0.127. The largest absolute Gasteiger partial charge is 0.465 e. The van der Waals surface area contributed by atoms with Gasteiger partial charge >= 0.3 is 5.97 Å². The first kappa shape index (κ1) is 17.3. The lowest BCUT2D eigenvalue weighted by Crippen LogP contribution is -2.50. The van der Waals surface area contributed by atoms with Crippen molar-refractivity contribution < 1.29 is 14.3 Å². The summed E-state index contributed by atoms with van der Waals surface area (Å²) in [5.41, 5.74) is 3.17. The van der Waals surface area contributed by atoms with Crippen molar-refractivity contribution >= 4 is 33.5 Å². The molecular formula is C21H20BrNO3. The number of halogens is 1. The van der Waals surface area contributed by atoms with E-state index in [-0.39, 0.29) is 11.9 Å². The third-order valence-corrected chi connectivity index (χ3v) is 6.18. The number of ether oxygens (including phenoxy) is 1. The van der Waals surface area contributed by atoms with Gasteiger partial charge in [0.15, 0.2) is 0 Å². The van der Waals surface area contributed by atoms with Gasteiger partial charge in [-0.1, -0.05) is 34.5 Å². The molecule has 2 aromatic rings. The number of carbonyl (C=O) groups is 2. The van der Waals surface area contributed by atoms with Crippen LogP contribution in [-0.2, 0) is 21.4 Å². The third kappa shape index (κ3) is 2.65. The highest BCUT2D eigenvalue weighted by Crippen LogP contribution is 2.47. The summed E-state index contributed by atoms with van der Waals surface area (Å²) >= 11 is 3.47. The highest BCUT2D eigenvalue weighted by molar-refractivity contribution is 9.10. The second-order valence-corrected chi connectivity index (χ2v) is 7.90. The van der Waals surface area contributed by atoms with Gasteiger partial charge in [0, 0.05) is 16.7 Å². The van der Waals surface area contributed by atoms with Crippen LogP contribution in [0.3, 0.4) is 0 Å². The van der Waals surface area contributed by atoms with E-state index in [1.54, 1.807) is 6.07 Å². The first-order valence-electron chi connectivity index (χ1n) is 8.84. The molecule has 4 nitrogen and oxygen atoms in total. The minimum absolute atomic E-state index is 0.177. The molecule has 0 N–H and O–H groups in total. The van der Waals surface area contributed by atoms with Gasteiger partial charge in [-0.05, 0) is 60.7 Å². The number of anilines is 1. The quantitative estimate of drug-likeness (QED) is 0.706. The highest BCUT2D eigenvalue weighted by Gasteiger charge is 2.48. The zero-order chi connectivity index (χ0) is 18.3. The van der Waals surface area contributed by atoms with Crippen molar-refractivity contribution in [2.75, 3.05) is 18.6 Å². The van der Waals surface area contributed by atoms with Crippen molar-refractivity contribution in [1.82, 2.24) is 0 Å². The lowest BCUT2D eigenvalue weighted by Gasteiger charge is -2.43. The topological polar surface area (TPSA) is 46.6 Å². The molecule has 0 saturated heterocycles. The number of nitrogens with zero attached hydrogens (tertiary/aromatic N) is 1. The number of fused-ring (bicyclic) bond motifs is 1. The van der Waals surface area contributed by atoms with E-state index in [0.29, 0.717) is 12.1 Å². The Labute approximate surface area is 161 Å². The van der Waals surface area contributed by atoms with E-state index < -0.39 is 5.41 Å². The fourth-order valence-corrected chi connectivity index (χ4v) is 4.31. The third-order valence-electron chi connectivity index (χ3n) is 5.65. The van der Waals surface area contributed by atoms with E-state index in [1.165, 1.54) is 7.11 Å². The van der Waals surface area contributed by atoms with Gasteiger partial charge in [-0.25, -0.2) is 4.79 Å². The van der Waals surface area contributed by atoms with Crippen LogP contribution in [0, 0.1) is 0 Å². The number of amides is 1. The summed E-state index contributed by atoms with van der Waals surface area (Å²) < 4.78 is 5.81. The van der Waals surface area contributed by atoms with Crippen molar-refractivity contribution in [3.05, 3.63) is 63.6 Å². The minimum Gasteiger partial charge on any atom is -0.465 e. The number of hydrogen-bond donors (Lipinski definition) is 0.